The van der Waals surface area contributed by atoms with Crippen LogP contribution in [0, 0.1) is 17.7 Å². The lowest BCUT2D eigenvalue weighted by atomic mass is 10.2. The van der Waals surface area contributed by atoms with E-state index in [9.17, 15) is 9.18 Å². The van der Waals surface area contributed by atoms with E-state index in [0.29, 0.717) is 17.9 Å². The van der Waals surface area contributed by atoms with E-state index in [1.807, 2.05) is 0 Å². The standard InChI is InChI=1S/C13H13FO3/c1-3-17-13(15)6-4-5-10-7-8-11(14)9-12(10)16-2/h7-9H,3,6H2,1-2H3. The fraction of sp³-hybridized carbons (Fsp3) is 0.308. The molecule has 17 heavy (non-hydrogen) atoms. The molecule has 0 radical (unpaired) electrons. The number of rotatable bonds is 3. The Bertz CT molecular complexity index is 457. The molecule has 3 nitrogen and oxygen atoms in total. The Morgan fingerprint density at radius 2 is 2.24 bits per heavy atom. The Morgan fingerprint density at radius 3 is 2.88 bits per heavy atom. The van der Waals surface area contributed by atoms with Crippen LogP contribution in [0.3, 0.4) is 0 Å². The molecule has 0 bridgehead atoms. The van der Waals surface area contributed by atoms with Gasteiger partial charge in [0, 0.05) is 6.07 Å². The molecule has 0 saturated heterocycles. The summed E-state index contributed by atoms with van der Waals surface area (Å²) in [7, 11) is 1.44. The van der Waals surface area contributed by atoms with Crippen LogP contribution in [0.1, 0.15) is 18.9 Å². The Balaban J connectivity index is 2.74. The molecule has 0 aliphatic carbocycles. The zero-order valence-corrected chi connectivity index (χ0v) is 9.75. The van der Waals surface area contributed by atoms with Crippen molar-refractivity contribution in [3.8, 4) is 17.6 Å². The second-order valence-electron chi connectivity index (χ2n) is 3.13. The van der Waals surface area contributed by atoms with Crippen LogP contribution in [0.25, 0.3) is 0 Å². The average Bonchev–Trinajstić information content (AvgIpc) is 2.31. The van der Waals surface area contributed by atoms with Crippen LogP contribution >= 0.6 is 0 Å². The summed E-state index contributed by atoms with van der Waals surface area (Å²) in [5.74, 6) is 4.98. The fourth-order valence-corrected chi connectivity index (χ4v) is 1.19. The molecule has 0 spiro atoms. The molecular weight excluding hydrogens is 223 g/mol. The summed E-state index contributed by atoms with van der Waals surface area (Å²) in [6.45, 7) is 2.06. The summed E-state index contributed by atoms with van der Waals surface area (Å²) in [5, 5.41) is 0. The number of esters is 1. The first-order valence-electron chi connectivity index (χ1n) is 5.15. The van der Waals surface area contributed by atoms with Crippen molar-refractivity contribution in [1.29, 1.82) is 0 Å². The van der Waals surface area contributed by atoms with Crippen molar-refractivity contribution in [2.45, 2.75) is 13.3 Å². The largest absolute Gasteiger partial charge is 0.495 e. The van der Waals surface area contributed by atoms with Crippen molar-refractivity contribution >= 4 is 5.97 Å². The van der Waals surface area contributed by atoms with Crippen LogP contribution in [-0.2, 0) is 9.53 Å². The molecule has 0 heterocycles. The molecule has 0 fully saturated rings. The van der Waals surface area contributed by atoms with Gasteiger partial charge in [0.1, 0.15) is 18.0 Å². The lowest BCUT2D eigenvalue weighted by Crippen LogP contribution is -2.01. The number of methoxy groups -OCH3 is 1. The number of benzene rings is 1. The molecule has 1 aromatic rings. The maximum Gasteiger partial charge on any atom is 0.317 e. The monoisotopic (exact) mass is 236 g/mol. The molecule has 1 rings (SSSR count). The first-order chi connectivity index (χ1) is 8.17. The van der Waals surface area contributed by atoms with Gasteiger partial charge < -0.3 is 9.47 Å². The van der Waals surface area contributed by atoms with Gasteiger partial charge in [-0.25, -0.2) is 4.39 Å². The zero-order valence-electron chi connectivity index (χ0n) is 9.75. The minimum Gasteiger partial charge on any atom is -0.495 e. The van der Waals surface area contributed by atoms with Gasteiger partial charge in [0.15, 0.2) is 0 Å². The molecule has 0 N–H and O–H groups in total. The van der Waals surface area contributed by atoms with Gasteiger partial charge in [-0.2, -0.15) is 0 Å². The minimum atomic E-state index is -0.391. The highest BCUT2D eigenvalue weighted by Gasteiger charge is 2.02. The Kier molecular flexibility index (Phi) is 5.02. The van der Waals surface area contributed by atoms with Gasteiger partial charge in [0.25, 0.3) is 0 Å². The van der Waals surface area contributed by atoms with E-state index >= 15 is 0 Å². The zero-order chi connectivity index (χ0) is 12.7. The van der Waals surface area contributed by atoms with Crippen LogP contribution in [0.15, 0.2) is 18.2 Å². The third kappa shape index (κ3) is 4.15. The molecular formula is C13H13FO3. The van der Waals surface area contributed by atoms with Gasteiger partial charge in [0.2, 0.25) is 0 Å². The number of carbonyl (C=O) groups is 1. The Labute approximate surface area is 99.5 Å². The maximum absolute atomic E-state index is 12.9. The number of halogens is 1. The average molecular weight is 236 g/mol. The van der Waals surface area contributed by atoms with Crippen molar-refractivity contribution in [2.75, 3.05) is 13.7 Å². The highest BCUT2D eigenvalue weighted by atomic mass is 19.1. The van der Waals surface area contributed by atoms with Crippen LogP contribution < -0.4 is 4.74 Å². The first kappa shape index (κ1) is 13.0. The van der Waals surface area contributed by atoms with Gasteiger partial charge >= 0.3 is 5.97 Å². The molecule has 0 unspecified atom stereocenters. The molecule has 0 aromatic heterocycles. The van der Waals surface area contributed by atoms with Crippen molar-refractivity contribution < 1.29 is 18.7 Å². The van der Waals surface area contributed by atoms with Gasteiger partial charge in [0.05, 0.1) is 19.3 Å². The number of carbonyl (C=O) groups excluding carboxylic acids is 1. The summed E-state index contributed by atoms with van der Waals surface area (Å²) < 4.78 is 22.6. The van der Waals surface area contributed by atoms with E-state index in [-0.39, 0.29) is 12.4 Å². The van der Waals surface area contributed by atoms with Gasteiger partial charge in [-0.3, -0.25) is 4.79 Å². The number of hydrogen-bond acceptors (Lipinski definition) is 3. The predicted molar refractivity (Wildman–Crippen MR) is 61.1 cm³/mol. The third-order valence-corrected chi connectivity index (χ3v) is 1.92. The molecule has 90 valence electrons. The summed E-state index contributed by atoms with van der Waals surface area (Å²) in [6.07, 6.45) is 0.00830. The van der Waals surface area contributed by atoms with Crippen molar-refractivity contribution in [2.24, 2.45) is 0 Å². The second kappa shape index (κ2) is 6.54. The van der Waals surface area contributed by atoms with Gasteiger partial charge in [-0.1, -0.05) is 11.8 Å². The van der Waals surface area contributed by atoms with Crippen LogP contribution in [-0.4, -0.2) is 19.7 Å². The van der Waals surface area contributed by atoms with Gasteiger partial charge in [-0.15, -0.1) is 0 Å². The fourth-order valence-electron chi connectivity index (χ4n) is 1.19. The topological polar surface area (TPSA) is 35.5 Å². The molecule has 0 amide bonds. The van der Waals surface area contributed by atoms with Crippen LogP contribution in [0.2, 0.25) is 0 Å². The van der Waals surface area contributed by atoms with E-state index < -0.39 is 5.82 Å². The highest BCUT2D eigenvalue weighted by Crippen LogP contribution is 2.18. The summed E-state index contributed by atoms with van der Waals surface area (Å²) in [6, 6.07) is 4.04. The summed E-state index contributed by atoms with van der Waals surface area (Å²) >= 11 is 0. The summed E-state index contributed by atoms with van der Waals surface area (Å²) in [5.41, 5.74) is 0.540. The second-order valence-corrected chi connectivity index (χ2v) is 3.13. The highest BCUT2D eigenvalue weighted by molar-refractivity contribution is 5.72. The first-order valence-corrected chi connectivity index (χ1v) is 5.15. The minimum absolute atomic E-state index is 0.00830. The van der Waals surface area contributed by atoms with E-state index in [4.69, 9.17) is 9.47 Å². The van der Waals surface area contributed by atoms with Gasteiger partial charge in [-0.05, 0) is 19.1 Å². The number of ether oxygens (including phenoxy) is 2. The molecule has 0 atom stereocenters. The lowest BCUT2D eigenvalue weighted by Gasteiger charge is -2.02. The van der Waals surface area contributed by atoms with Crippen molar-refractivity contribution in [3.05, 3.63) is 29.6 Å². The van der Waals surface area contributed by atoms with E-state index in [1.165, 1.54) is 25.3 Å². The van der Waals surface area contributed by atoms with Crippen LogP contribution in [0.4, 0.5) is 4.39 Å². The smallest absolute Gasteiger partial charge is 0.317 e. The van der Waals surface area contributed by atoms with E-state index in [2.05, 4.69) is 11.8 Å². The predicted octanol–water partition coefficient (Wildman–Crippen LogP) is 2.14. The Hall–Kier alpha value is -2.02. The molecule has 1 aromatic carbocycles. The quantitative estimate of drug-likeness (QED) is 0.595. The van der Waals surface area contributed by atoms with Crippen molar-refractivity contribution in [3.63, 3.8) is 0 Å². The maximum atomic E-state index is 12.9. The molecule has 0 aliphatic heterocycles. The Morgan fingerprint density at radius 1 is 1.47 bits per heavy atom. The van der Waals surface area contributed by atoms with Crippen LogP contribution in [0.5, 0.6) is 5.75 Å². The van der Waals surface area contributed by atoms with E-state index in [1.54, 1.807) is 6.92 Å². The molecule has 0 saturated carbocycles. The van der Waals surface area contributed by atoms with Crippen molar-refractivity contribution in [1.82, 2.24) is 0 Å². The summed E-state index contributed by atoms with van der Waals surface area (Å²) in [4.78, 5) is 11.0. The lowest BCUT2D eigenvalue weighted by molar-refractivity contribution is -0.141. The third-order valence-electron chi connectivity index (χ3n) is 1.92. The SMILES string of the molecule is CCOC(=O)CC#Cc1ccc(F)cc1OC. The normalized spacial score (nSPS) is 9.12. The number of hydrogen-bond donors (Lipinski definition) is 0. The molecule has 0 aliphatic rings. The van der Waals surface area contributed by atoms with E-state index in [0.717, 1.165) is 0 Å². The molecule has 4 heteroatoms.